The van der Waals surface area contributed by atoms with Crippen LogP contribution in [0.25, 0.3) is 0 Å². The molecule has 3 heterocycles. The standard InChI is InChI=1S/C19H25N3O3/c1-2-20-18(24)14-9-12(23)8-11-5-7-22-16(17(11)14)10-15-13(19(22)25)4-3-6-21-15/h8-9,13,15-16,21,23H,2-7,10H2,1H3,(H,20,24)/t13-,15-,16-/m1/s1. The summed E-state index contributed by atoms with van der Waals surface area (Å²) in [7, 11) is 0. The molecule has 0 aromatic heterocycles. The second kappa shape index (κ2) is 6.33. The number of nitrogens with zero attached hydrogens (tertiary/aromatic N) is 1. The highest BCUT2D eigenvalue weighted by atomic mass is 16.3. The predicted molar refractivity (Wildman–Crippen MR) is 93.4 cm³/mol. The fourth-order valence-electron chi connectivity index (χ4n) is 4.75. The number of hydrogen-bond acceptors (Lipinski definition) is 4. The first-order valence-electron chi connectivity index (χ1n) is 9.28. The number of fused-ring (bicyclic) bond motifs is 4. The van der Waals surface area contributed by atoms with Gasteiger partial charge in [-0.25, -0.2) is 0 Å². The molecule has 25 heavy (non-hydrogen) atoms. The van der Waals surface area contributed by atoms with Crippen molar-refractivity contribution >= 4 is 11.8 Å². The zero-order chi connectivity index (χ0) is 17.6. The summed E-state index contributed by atoms with van der Waals surface area (Å²) in [5.74, 6) is 0.220. The third-order valence-electron chi connectivity index (χ3n) is 5.83. The number of amides is 2. The number of carbonyl (C=O) groups is 2. The van der Waals surface area contributed by atoms with Gasteiger partial charge in [-0.05, 0) is 62.4 Å². The maximum atomic E-state index is 13.0. The van der Waals surface area contributed by atoms with Crippen molar-refractivity contribution in [1.29, 1.82) is 0 Å². The first kappa shape index (κ1) is 16.4. The first-order chi connectivity index (χ1) is 12.1. The van der Waals surface area contributed by atoms with Crippen LogP contribution >= 0.6 is 0 Å². The quantitative estimate of drug-likeness (QED) is 0.757. The third-order valence-corrected chi connectivity index (χ3v) is 5.83. The smallest absolute Gasteiger partial charge is 0.251 e. The lowest BCUT2D eigenvalue weighted by Gasteiger charge is -2.48. The van der Waals surface area contributed by atoms with Gasteiger partial charge in [0, 0.05) is 24.7 Å². The minimum atomic E-state index is -0.178. The summed E-state index contributed by atoms with van der Waals surface area (Å²) in [5.41, 5.74) is 2.42. The average Bonchev–Trinajstić information content (AvgIpc) is 2.61. The third kappa shape index (κ3) is 2.68. The van der Waals surface area contributed by atoms with E-state index in [4.69, 9.17) is 0 Å². The molecule has 0 aliphatic carbocycles. The average molecular weight is 343 g/mol. The van der Waals surface area contributed by atoms with Gasteiger partial charge >= 0.3 is 0 Å². The fraction of sp³-hybridized carbons (Fsp3) is 0.579. The molecule has 134 valence electrons. The molecule has 3 N–H and O–H groups in total. The zero-order valence-corrected chi connectivity index (χ0v) is 14.5. The molecule has 6 heteroatoms. The van der Waals surface area contributed by atoms with Crippen molar-refractivity contribution in [3.8, 4) is 5.75 Å². The first-order valence-corrected chi connectivity index (χ1v) is 9.28. The van der Waals surface area contributed by atoms with Gasteiger partial charge in [0.2, 0.25) is 5.91 Å². The van der Waals surface area contributed by atoms with Crippen LogP contribution in [0.4, 0.5) is 0 Å². The maximum absolute atomic E-state index is 13.0. The van der Waals surface area contributed by atoms with E-state index in [1.807, 2.05) is 11.8 Å². The Hall–Kier alpha value is -2.08. The van der Waals surface area contributed by atoms with Crippen LogP contribution in [0.3, 0.4) is 0 Å². The molecule has 2 saturated heterocycles. The predicted octanol–water partition coefficient (Wildman–Crippen LogP) is 1.34. The summed E-state index contributed by atoms with van der Waals surface area (Å²) in [4.78, 5) is 27.5. The molecule has 3 atom stereocenters. The van der Waals surface area contributed by atoms with Crippen molar-refractivity contribution < 1.29 is 14.7 Å². The molecule has 2 fully saturated rings. The molecular formula is C19H25N3O3. The second-order valence-electron chi connectivity index (χ2n) is 7.27. The van der Waals surface area contributed by atoms with E-state index in [1.54, 1.807) is 6.07 Å². The molecule has 0 spiro atoms. The van der Waals surface area contributed by atoms with E-state index >= 15 is 0 Å². The molecule has 0 saturated carbocycles. The lowest BCUT2D eigenvalue weighted by Crippen LogP contribution is -2.58. The topological polar surface area (TPSA) is 81.7 Å². The molecule has 3 aliphatic rings. The number of rotatable bonds is 2. The van der Waals surface area contributed by atoms with Crippen LogP contribution < -0.4 is 10.6 Å². The van der Waals surface area contributed by atoms with Gasteiger partial charge in [-0.15, -0.1) is 0 Å². The van der Waals surface area contributed by atoms with E-state index in [0.717, 1.165) is 36.9 Å². The Labute approximate surface area is 147 Å². The highest BCUT2D eigenvalue weighted by Crippen LogP contribution is 2.43. The van der Waals surface area contributed by atoms with E-state index in [9.17, 15) is 14.7 Å². The van der Waals surface area contributed by atoms with Gasteiger partial charge in [-0.1, -0.05) is 0 Å². The van der Waals surface area contributed by atoms with E-state index in [1.165, 1.54) is 6.07 Å². The van der Waals surface area contributed by atoms with Gasteiger partial charge in [0.25, 0.3) is 5.91 Å². The van der Waals surface area contributed by atoms with Gasteiger partial charge in [0.05, 0.1) is 12.0 Å². The number of nitrogens with one attached hydrogen (secondary N) is 2. The highest BCUT2D eigenvalue weighted by Gasteiger charge is 2.46. The zero-order valence-electron chi connectivity index (χ0n) is 14.5. The Kier molecular flexibility index (Phi) is 4.15. The van der Waals surface area contributed by atoms with E-state index in [-0.39, 0.29) is 35.6 Å². The molecule has 1 aromatic rings. The van der Waals surface area contributed by atoms with Crippen LogP contribution in [-0.4, -0.2) is 47.5 Å². The minimum Gasteiger partial charge on any atom is -0.508 e. The Balaban J connectivity index is 1.77. The number of phenols is 1. The van der Waals surface area contributed by atoms with E-state index in [2.05, 4.69) is 10.6 Å². The van der Waals surface area contributed by atoms with Gasteiger partial charge in [0.1, 0.15) is 5.75 Å². The summed E-state index contributed by atoms with van der Waals surface area (Å²) in [6, 6.07) is 3.39. The van der Waals surface area contributed by atoms with Crippen molar-refractivity contribution in [1.82, 2.24) is 15.5 Å². The van der Waals surface area contributed by atoms with Gasteiger partial charge in [-0.2, -0.15) is 0 Å². The van der Waals surface area contributed by atoms with Crippen molar-refractivity contribution in [2.45, 2.75) is 44.7 Å². The number of aromatic hydroxyl groups is 1. The molecule has 1 aromatic carbocycles. The number of piperidine rings is 2. The van der Waals surface area contributed by atoms with Gasteiger partial charge < -0.3 is 20.6 Å². The Morgan fingerprint density at radius 1 is 1.44 bits per heavy atom. The van der Waals surface area contributed by atoms with Crippen molar-refractivity contribution in [2.24, 2.45) is 5.92 Å². The van der Waals surface area contributed by atoms with Gasteiger partial charge in [-0.3, -0.25) is 9.59 Å². The molecule has 0 bridgehead atoms. The molecule has 3 aliphatic heterocycles. The van der Waals surface area contributed by atoms with Crippen LogP contribution in [0.5, 0.6) is 5.75 Å². The Morgan fingerprint density at radius 3 is 3.08 bits per heavy atom. The highest BCUT2D eigenvalue weighted by molar-refractivity contribution is 5.97. The fourth-order valence-corrected chi connectivity index (χ4v) is 4.75. The summed E-state index contributed by atoms with van der Waals surface area (Å²) >= 11 is 0. The normalized spacial score (nSPS) is 28.0. The van der Waals surface area contributed by atoms with Crippen molar-refractivity contribution in [3.63, 3.8) is 0 Å². The van der Waals surface area contributed by atoms with Gasteiger partial charge in [0.15, 0.2) is 0 Å². The lowest BCUT2D eigenvalue weighted by molar-refractivity contribution is -0.145. The number of carbonyl (C=O) groups excluding carboxylic acids is 2. The monoisotopic (exact) mass is 343 g/mol. The number of hydrogen-bond donors (Lipinski definition) is 3. The number of benzene rings is 1. The summed E-state index contributed by atoms with van der Waals surface area (Å²) in [5, 5.41) is 16.4. The summed E-state index contributed by atoms with van der Waals surface area (Å²) in [6.45, 7) is 4.02. The van der Waals surface area contributed by atoms with Crippen molar-refractivity contribution in [3.05, 3.63) is 28.8 Å². The van der Waals surface area contributed by atoms with Crippen LogP contribution in [0.2, 0.25) is 0 Å². The van der Waals surface area contributed by atoms with E-state index in [0.29, 0.717) is 25.1 Å². The second-order valence-corrected chi connectivity index (χ2v) is 7.27. The van der Waals surface area contributed by atoms with Crippen LogP contribution in [0.15, 0.2) is 12.1 Å². The summed E-state index contributed by atoms with van der Waals surface area (Å²) in [6.07, 6.45) is 3.51. The molecule has 4 rings (SSSR count). The SMILES string of the molecule is CCNC(=O)c1cc(O)cc2c1[C@H]1C[C@H]3NCCC[C@H]3C(=O)N1CC2. The van der Waals surface area contributed by atoms with Crippen LogP contribution in [0.1, 0.15) is 53.7 Å². The minimum absolute atomic E-state index is 0.0663. The Bertz CT molecular complexity index is 718. The number of phenolic OH excluding ortho intramolecular Hbond substituents is 1. The molecule has 2 amide bonds. The molecule has 6 nitrogen and oxygen atoms in total. The largest absolute Gasteiger partial charge is 0.508 e. The lowest BCUT2D eigenvalue weighted by atomic mass is 9.75. The maximum Gasteiger partial charge on any atom is 0.251 e. The summed E-state index contributed by atoms with van der Waals surface area (Å²) < 4.78 is 0. The van der Waals surface area contributed by atoms with Crippen LogP contribution in [0, 0.1) is 5.92 Å². The Morgan fingerprint density at radius 2 is 2.28 bits per heavy atom. The van der Waals surface area contributed by atoms with E-state index < -0.39 is 0 Å². The molecular weight excluding hydrogens is 318 g/mol. The van der Waals surface area contributed by atoms with Crippen LogP contribution in [-0.2, 0) is 11.2 Å². The molecule has 0 radical (unpaired) electrons. The van der Waals surface area contributed by atoms with Crippen molar-refractivity contribution in [2.75, 3.05) is 19.6 Å². The molecule has 0 unspecified atom stereocenters.